The molecule has 0 aliphatic carbocycles. The van der Waals surface area contributed by atoms with Crippen molar-refractivity contribution < 1.29 is 17.9 Å². The zero-order valence-electron chi connectivity index (χ0n) is 16.2. The number of rotatable bonds is 6. The van der Waals surface area contributed by atoms with Crippen molar-refractivity contribution in [1.82, 2.24) is 4.90 Å². The van der Waals surface area contributed by atoms with Crippen molar-refractivity contribution in [1.29, 1.82) is 0 Å². The van der Waals surface area contributed by atoms with Crippen molar-refractivity contribution in [2.75, 3.05) is 31.0 Å². The Hall–Kier alpha value is -2.54. The minimum atomic E-state index is -3.93. The van der Waals surface area contributed by atoms with Gasteiger partial charge in [-0.1, -0.05) is 37.3 Å². The third-order valence-corrected chi connectivity index (χ3v) is 6.75. The fourth-order valence-electron chi connectivity index (χ4n) is 3.49. The largest absolute Gasteiger partial charge is 0.495 e. The number of amides is 1. The summed E-state index contributed by atoms with van der Waals surface area (Å²) in [5.41, 5.74) is 0.354. The molecule has 0 saturated carbocycles. The van der Waals surface area contributed by atoms with Crippen molar-refractivity contribution in [2.24, 2.45) is 5.92 Å². The number of hydrogen-bond donors (Lipinski definition) is 0. The summed E-state index contributed by atoms with van der Waals surface area (Å²) in [4.78, 5) is 14.9. The van der Waals surface area contributed by atoms with Crippen LogP contribution in [-0.2, 0) is 14.8 Å². The second kappa shape index (κ2) is 8.65. The second-order valence-corrected chi connectivity index (χ2v) is 8.95. The van der Waals surface area contributed by atoms with Gasteiger partial charge in [-0.15, -0.1) is 0 Å². The summed E-state index contributed by atoms with van der Waals surface area (Å²) >= 11 is 0. The molecule has 0 bridgehead atoms. The molecule has 1 unspecified atom stereocenters. The van der Waals surface area contributed by atoms with E-state index >= 15 is 0 Å². The van der Waals surface area contributed by atoms with Crippen LogP contribution < -0.4 is 9.04 Å². The van der Waals surface area contributed by atoms with Crippen LogP contribution in [0.25, 0.3) is 0 Å². The van der Waals surface area contributed by atoms with Crippen LogP contribution >= 0.6 is 0 Å². The smallest absolute Gasteiger partial charge is 0.264 e. The first-order valence-corrected chi connectivity index (χ1v) is 10.9. The number of anilines is 1. The van der Waals surface area contributed by atoms with Crippen molar-refractivity contribution in [3.63, 3.8) is 0 Å². The van der Waals surface area contributed by atoms with Crippen molar-refractivity contribution >= 4 is 21.6 Å². The van der Waals surface area contributed by atoms with Crippen LogP contribution in [-0.4, -0.2) is 46.0 Å². The van der Waals surface area contributed by atoms with E-state index in [4.69, 9.17) is 4.74 Å². The summed E-state index contributed by atoms with van der Waals surface area (Å²) in [5.74, 6) is 0.627. The van der Waals surface area contributed by atoms with E-state index in [1.165, 1.54) is 19.2 Å². The van der Waals surface area contributed by atoms with Crippen LogP contribution in [0.1, 0.15) is 19.8 Å². The van der Waals surface area contributed by atoms with Gasteiger partial charge in [-0.05, 0) is 43.0 Å². The van der Waals surface area contributed by atoms with Gasteiger partial charge >= 0.3 is 0 Å². The third-order valence-electron chi connectivity index (χ3n) is 4.97. The van der Waals surface area contributed by atoms with Gasteiger partial charge in [0, 0.05) is 13.1 Å². The standard InChI is InChI=1S/C21H26N2O4S/c1-17-9-8-14-22(15-17)21(24)16-23(19-12-6-7-13-20(19)27-2)28(25,26)18-10-4-3-5-11-18/h3-7,10-13,17H,8-9,14-16H2,1-2H3. The molecule has 1 fully saturated rings. The normalized spacial score (nSPS) is 17.2. The van der Waals surface area contributed by atoms with E-state index in [-0.39, 0.29) is 17.3 Å². The first kappa shape index (κ1) is 20.2. The predicted molar refractivity (Wildman–Crippen MR) is 109 cm³/mol. The van der Waals surface area contributed by atoms with Gasteiger partial charge < -0.3 is 9.64 Å². The summed E-state index contributed by atoms with van der Waals surface area (Å²) in [7, 11) is -2.44. The van der Waals surface area contributed by atoms with Crippen LogP contribution in [0.15, 0.2) is 59.5 Å². The molecule has 0 N–H and O–H groups in total. The molecule has 1 heterocycles. The predicted octanol–water partition coefficient (Wildman–Crippen LogP) is 3.15. The Morgan fingerprint density at radius 3 is 2.50 bits per heavy atom. The highest BCUT2D eigenvalue weighted by Gasteiger charge is 2.31. The van der Waals surface area contributed by atoms with Gasteiger partial charge in [0.15, 0.2) is 0 Å². The number of carbonyl (C=O) groups is 1. The van der Waals surface area contributed by atoms with E-state index in [2.05, 4.69) is 6.92 Å². The average Bonchev–Trinajstić information content (AvgIpc) is 2.72. The van der Waals surface area contributed by atoms with Crippen molar-refractivity contribution in [3.8, 4) is 5.75 Å². The molecular formula is C21H26N2O4S. The molecule has 2 aromatic carbocycles. The topological polar surface area (TPSA) is 66.9 Å². The van der Waals surface area contributed by atoms with Gasteiger partial charge in [0.05, 0.1) is 17.7 Å². The number of piperidine rings is 1. The lowest BCUT2D eigenvalue weighted by atomic mass is 10.0. The van der Waals surface area contributed by atoms with Gasteiger partial charge in [-0.2, -0.15) is 0 Å². The Balaban J connectivity index is 1.99. The lowest BCUT2D eigenvalue weighted by Crippen LogP contribution is -2.46. The Kier molecular flexibility index (Phi) is 6.24. The number of ether oxygens (including phenoxy) is 1. The SMILES string of the molecule is COc1ccccc1N(CC(=O)N1CCCC(C)C1)S(=O)(=O)c1ccccc1. The average molecular weight is 403 g/mol. The molecule has 0 aromatic heterocycles. The molecule has 1 amide bonds. The number of methoxy groups -OCH3 is 1. The van der Waals surface area contributed by atoms with E-state index in [1.54, 1.807) is 47.4 Å². The molecule has 2 aromatic rings. The Bertz CT molecular complexity index is 915. The summed E-state index contributed by atoms with van der Waals surface area (Å²) in [6.45, 7) is 3.17. The maximum atomic E-state index is 13.4. The molecule has 7 heteroatoms. The van der Waals surface area contributed by atoms with Crippen LogP contribution in [0.5, 0.6) is 5.75 Å². The summed E-state index contributed by atoms with van der Waals surface area (Å²) < 4.78 is 33.3. The molecular weight excluding hydrogens is 376 g/mol. The lowest BCUT2D eigenvalue weighted by molar-refractivity contribution is -0.131. The van der Waals surface area contributed by atoms with E-state index in [1.807, 2.05) is 0 Å². The van der Waals surface area contributed by atoms with E-state index in [0.717, 1.165) is 17.1 Å². The number of nitrogens with zero attached hydrogens (tertiary/aromatic N) is 2. The highest BCUT2D eigenvalue weighted by Crippen LogP contribution is 2.32. The number of benzene rings is 2. The van der Waals surface area contributed by atoms with Gasteiger partial charge in [0.1, 0.15) is 12.3 Å². The summed E-state index contributed by atoms with van der Waals surface area (Å²) in [6, 6.07) is 15.0. The molecule has 6 nitrogen and oxygen atoms in total. The number of sulfonamides is 1. The molecule has 3 rings (SSSR count). The molecule has 150 valence electrons. The quantitative estimate of drug-likeness (QED) is 0.744. The molecule has 1 aliphatic heterocycles. The molecule has 1 saturated heterocycles. The third kappa shape index (κ3) is 4.30. The minimum absolute atomic E-state index is 0.140. The fourth-order valence-corrected chi connectivity index (χ4v) is 4.94. The highest BCUT2D eigenvalue weighted by molar-refractivity contribution is 7.92. The first-order chi connectivity index (χ1) is 13.4. The minimum Gasteiger partial charge on any atom is -0.495 e. The molecule has 0 spiro atoms. The van der Waals surface area contributed by atoms with Gasteiger partial charge in [-0.3, -0.25) is 9.10 Å². The molecule has 28 heavy (non-hydrogen) atoms. The number of carbonyl (C=O) groups excluding carboxylic acids is 1. The van der Waals surface area contributed by atoms with Crippen molar-refractivity contribution in [2.45, 2.75) is 24.7 Å². The first-order valence-electron chi connectivity index (χ1n) is 9.42. The van der Waals surface area contributed by atoms with Crippen LogP contribution in [0.3, 0.4) is 0 Å². The maximum Gasteiger partial charge on any atom is 0.264 e. The summed E-state index contributed by atoms with van der Waals surface area (Å²) in [6.07, 6.45) is 2.02. The Morgan fingerprint density at radius 1 is 1.14 bits per heavy atom. The number of para-hydroxylation sites is 2. The number of likely N-dealkylation sites (tertiary alicyclic amines) is 1. The zero-order valence-corrected chi connectivity index (χ0v) is 17.1. The maximum absolute atomic E-state index is 13.4. The van der Waals surface area contributed by atoms with Gasteiger partial charge in [-0.25, -0.2) is 8.42 Å². The Morgan fingerprint density at radius 2 is 1.82 bits per heavy atom. The van der Waals surface area contributed by atoms with E-state index < -0.39 is 10.0 Å². The lowest BCUT2D eigenvalue weighted by Gasteiger charge is -2.33. The zero-order chi connectivity index (χ0) is 20.1. The van der Waals surface area contributed by atoms with Gasteiger partial charge in [0.2, 0.25) is 5.91 Å². The fraction of sp³-hybridized carbons (Fsp3) is 0.381. The van der Waals surface area contributed by atoms with E-state index in [0.29, 0.717) is 30.4 Å². The van der Waals surface area contributed by atoms with E-state index in [9.17, 15) is 13.2 Å². The monoisotopic (exact) mass is 402 g/mol. The van der Waals surface area contributed by atoms with Crippen molar-refractivity contribution in [3.05, 3.63) is 54.6 Å². The highest BCUT2D eigenvalue weighted by atomic mass is 32.2. The second-order valence-electron chi connectivity index (χ2n) is 7.08. The molecule has 0 radical (unpaired) electrons. The number of hydrogen-bond acceptors (Lipinski definition) is 4. The molecule has 1 aliphatic rings. The Labute approximate surface area is 166 Å². The van der Waals surface area contributed by atoms with Crippen LogP contribution in [0.4, 0.5) is 5.69 Å². The van der Waals surface area contributed by atoms with Crippen LogP contribution in [0.2, 0.25) is 0 Å². The van der Waals surface area contributed by atoms with Crippen LogP contribution in [0, 0.1) is 5.92 Å². The molecule has 1 atom stereocenters. The summed E-state index contributed by atoms with van der Waals surface area (Å²) in [5, 5.41) is 0. The van der Waals surface area contributed by atoms with Gasteiger partial charge in [0.25, 0.3) is 10.0 Å².